The van der Waals surface area contributed by atoms with Gasteiger partial charge >= 0.3 is 0 Å². The molecule has 1 unspecified atom stereocenters. The summed E-state index contributed by atoms with van der Waals surface area (Å²) < 4.78 is 0. The van der Waals surface area contributed by atoms with Crippen LogP contribution in [0.15, 0.2) is 42.6 Å². The molecule has 1 saturated heterocycles. The molecular formula is C26H33N5O3. The van der Waals surface area contributed by atoms with E-state index in [1.807, 2.05) is 17.9 Å². The molecule has 180 valence electrons. The Hall–Kier alpha value is -3.26. The topological polar surface area (TPSA) is 94.6 Å². The Kier molecular flexibility index (Phi) is 7.26. The zero-order chi connectivity index (χ0) is 24.1. The molecule has 1 saturated carbocycles. The minimum Gasteiger partial charge on any atom is -0.368 e. The van der Waals surface area contributed by atoms with Gasteiger partial charge in [0.05, 0.1) is 0 Å². The number of likely N-dealkylation sites (N-methyl/N-ethyl adjacent to an activating group) is 1. The Labute approximate surface area is 200 Å². The van der Waals surface area contributed by atoms with E-state index in [0.717, 1.165) is 48.4 Å². The summed E-state index contributed by atoms with van der Waals surface area (Å²) in [6.45, 7) is 4.82. The molecule has 1 aliphatic heterocycles. The first-order chi connectivity index (χ1) is 16.5. The lowest BCUT2D eigenvalue weighted by atomic mass is 9.86. The van der Waals surface area contributed by atoms with E-state index in [9.17, 15) is 14.4 Å². The van der Waals surface area contributed by atoms with Crippen molar-refractivity contribution in [1.29, 1.82) is 0 Å². The van der Waals surface area contributed by atoms with Crippen molar-refractivity contribution >= 4 is 23.9 Å². The second-order valence-electron chi connectivity index (χ2n) is 9.14. The summed E-state index contributed by atoms with van der Waals surface area (Å²) in [5.41, 5.74) is 3.55. The lowest BCUT2D eigenvalue weighted by molar-refractivity contribution is -0.134. The van der Waals surface area contributed by atoms with E-state index in [1.54, 1.807) is 13.2 Å². The molecule has 8 nitrogen and oxygen atoms in total. The Morgan fingerprint density at radius 2 is 1.91 bits per heavy atom. The quantitative estimate of drug-likeness (QED) is 0.554. The SMILES string of the molecule is CNC(CCC(=O)N1CCN(c2cccc(-c3cccnc3C)c2)CC1)(C(=O)NC=O)C1CC1. The Balaban J connectivity index is 1.35. The van der Waals surface area contributed by atoms with E-state index in [1.165, 1.54) is 0 Å². The molecule has 0 spiro atoms. The van der Waals surface area contributed by atoms with Crippen LogP contribution in [0, 0.1) is 12.8 Å². The van der Waals surface area contributed by atoms with E-state index in [0.29, 0.717) is 25.9 Å². The van der Waals surface area contributed by atoms with Crippen molar-refractivity contribution in [3.05, 3.63) is 48.3 Å². The highest BCUT2D eigenvalue weighted by atomic mass is 16.2. The maximum Gasteiger partial charge on any atom is 0.246 e. The van der Waals surface area contributed by atoms with Crippen molar-refractivity contribution < 1.29 is 14.4 Å². The number of hydrogen-bond acceptors (Lipinski definition) is 6. The number of aryl methyl sites for hydroxylation is 1. The predicted octanol–water partition coefficient (Wildman–Crippen LogP) is 2.13. The van der Waals surface area contributed by atoms with Crippen molar-refractivity contribution in [2.75, 3.05) is 38.1 Å². The number of imide groups is 1. The zero-order valence-electron chi connectivity index (χ0n) is 19.9. The average Bonchev–Trinajstić information content (AvgIpc) is 3.71. The van der Waals surface area contributed by atoms with Crippen LogP contribution in [-0.2, 0) is 14.4 Å². The van der Waals surface area contributed by atoms with E-state index < -0.39 is 5.54 Å². The van der Waals surface area contributed by atoms with Crippen LogP contribution >= 0.6 is 0 Å². The van der Waals surface area contributed by atoms with Crippen LogP contribution in [0.5, 0.6) is 0 Å². The van der Waals surface area contributed by atoms with Crippen LogP contribution in [0.4, 0.5) is 5.69 Å². The van der Waals surface area contributed by atoms with Crippen molar-refractivity contribution in [3.63, 3.8) is 0 Å². The number of aromatic nitrogens is 1. The summed E-state index contributed by atoms with van der Waals surface area (Å²) in [4.78, 5) is 45.0. The van der Waals surface area contributed by atoms with Gasteiger partial charge in [0.1, 0.15) is 5.54 Å². The highest BCUT2D eigenvalue weighted by molar-refractivity contribution is 5.94. The number of amides is 3. The molecule has 0 bridgehead atoms. The number of nitrogens with zero attached hydrogens (tertiary/aromatic N) is 3. The van der Waals surface area contributed by atoms with E-state index in [4.69, 9.17) is 0 Å². The predicted molar refractivity (Wildman–Crippen MR) is 131 cm³/mol. The fourth-order valence-electron chi connectivity index (χ4n) is 5.04. The van der Waals surface area contributed by atoms with E-state index >= 15 is 0 Å². The maximum absolute atomic E-state index is 13.0. The van der Waals surface area contributed by atoms with Gasteiger partial charge in [0.25, 0.3) is 0 Å². The normalized spacial score (nSPS) is 17.7. The smallest absolute Gasteiger partial charge is 0.246 e. The summed E-state index contributed by atoms with van der Waals surface area (Å²) in [6, 6.07) is 12.5. The summed E-state index contributed by atoms with van der Waals surface area (Å²) in [5.74, 6) is -0.120. The van der Waals surface area contributed by atoms with Crippen molar-refractivity contribution in [2.45, 2.75) is 38.1 Å². The number of piperazine rings is 1. The average molecular weight is 464 g/mol. The molecule has 2 aromatic rings. The van der Waals surface area contributed by atoms with Gasteiger partial charge in [-0.25, -0.2) is 0 Å². The minimum atomic E-state index is -0.858. The van der Waals surface area contributed by atoms with Crippen molar-refractivity contribution in [1.82, 2.24) is 20.5 Å². The number of carbonyl (C=O) groups is 3. The van der Waals surface area contributed by atoms with Crippen LogP contribution in [0.2, 0.25) is 0 Å². The van der Waals surface area contributed by atoms with Gasteiger partial charge in [-0.05, 0) is 62.9 Å². The zero-order valence-corrected chi connectivity index (χ0v) is 19.9. The fourth-order valence-corrected chi connectivity index (χ4v) is 5.04. The van der Waals surface area contributed by atoms with Gasteiger partial charge in [-0.3, -0.25) is 24.7 Å². The Morgan fingerprint density at radius 1 is 1.15 bits per heavy atom. The van der Waals surface area contributed by atoms with Gasteiger partial charge in [-0.2, -0.15) is 0 Å². The minimum absolute atomic E-state index is 0.0542. The second kappa shape index (κ2) is 10.3. The first-order valence-corrected chi connectivity index (χ1v) is 12.0. The van der Waals surface area contributed by atoms with E-state index in [-0.39, 0.29) is 24.2 Å². The largest absolute Gasteiger partial charge is 0.368 e. The monoisotopic (exact) mass is 463 g/mol. The second-order valence-corrected chi connectivity index (χ2v) is 9.14. The number of pyridine rings is 1. The number of hydrogen-bond donors (Lipinski definition) is 2. The number of rotatable bonds is 9. The third kappa shape index (κ3) is 4.97. The molecule has 1 aliphatic carbocycles. The number of nitrogens with one attached hydrogen (secondary N) is 2. The summed E-state index contributed by atoms with van der Waals surface area (Å²) in [7, 11) is 1.73. The van der Waals surface area contributed by atoms with E-state index in [2.05, 4.69) is 50.8 Å². The van der Waals surface area contributed by atoms with Crippen LogP contribution < -0.4 is 15.5 Å². The Bertz CT molecular complexity index is 1050. The summed E-state index contributed by atoms with van der Waals surface area (Å²) >= 11 is 0. The first kappa shape index (κ1) is 23.9. The highest BCUT2D eigenvalue weighted by Gasteiger charge is 2.49. The molecule has 4 rings (SSSR count). The molecule has 2 fully saturated rings. The Morgan fingerprint density at radius 3 is 2.56 bits per heavy atom. The molecule has 0 radical (unpaired) electrons. The van der Waals surface area contributed by atoms with Gasteiger partial charge in [-0.15, -0.1) is 0 Å². The fraction of sp³-hybridized carbons (Fsp3) is 0.462. The molecule has 8 heteroatoms. The maximum atomic E-state index is 13.0. The van der Waals surface area contributed by atoms with Crippen molar-refractivity contribution in [3.8, 4) is 11.1 Å². The van der Waals surface area contributed by atoms with Gasteiger partial charge in [0.15, 0.2) is 0 Å². The van der Waals surface area contributed by atoms with Crippen LogP contribution in [0.3, 0.4) is 0 Å². The number of anilines is 1. The number of benzene rings is 1. The van der Waals surface area contributed by atoms with Crippen LogP contribution in [-0.4, -0.2) is 66.9 Å². The van der Waals surface area contributed by atoms with Gasteiger partial charge in [0, 0.05) is 55.7 Å². The third-order valence-corrected chi connectivity index (χ3v) is 7.21. The molecule has 2 heterocycles. The molecule has 2 aliphatic rings. The molecule has 1 aromatic carbocycles. The van der Waals surface area contributed by atoms with Crippen molar-refractivity contribution in [2.24, 2.45) is 5.92 Å². The van der Waals surface area contributed by atoms with Gasteiger partial charge in [0.2, 0.25) is 18.2 Å². The molecule has 1 aromatic heterocycles. The molecule has 34 heavy (non-hydrogen) atoms. The van der Waals surface area contributed by atoms with Gasteiger partial charge < -0.3 is 15.1 Å². The van der Waals surface area contributed by atoms with Gasteiger partial charge in [-0.1, -0.05) is 18.2 Å². The summed E-state index contributed by atoms with van der Waals surface area (Å²) in [5, 5.41) is 5.41. The lowest BCUT2D eigenvalue weighted by Gasteiger charge is -2.37. The molecule has 1 atom stereocenters. The number of carbonyl (C=O) groups excluding carboxylic acids is 3. The standard InChI is InChI=1S/C26H33N5O3/c1-19-23(7-4-12-28-19)20-5-3-6-22(17-20)30-13-15-31(16-14-30)24(33)10-11-26(27-2,21-8-9-21)25(34)29-18-32/h3-7,12,17-18,21,27H,8-11,13-16H2,1-2H3,(H,29,32,34). The van der Waals surface area contributed by atoms with Crippen LogP contribution in [0.25, 0.3) is 11.1 Å². The van der Waals surface area contributed by atoms with Crippen LogP contribution in [0.1, 0.15) is 31.4 Å². The molecular weight excluding hydrogens is 430 g/mol. The lowest BCUT2D eigenvalue weighted by Crippen LogP contribution is -2.58. The highest BCUT2D eigenvalue weighted by Crippen LogP contribution is 2.42. The molecule has 3 amide bonds. The third-order valence-electron chi connectivity index (χ3n) is 7.21. The molecule has 2 N–H and O–H groups in total. The first-order valence-electron chi connectivity index (χ1n) is 12.0. The summed E-state index contributed by atoms with van der Waals surface area (Å²) in [6.07, 6.45) is 4.75.